The Morgan fingerprint density at radius 3 is 1.83 bits per heavy atom. The first-order valence-electron chi connectivity index (χ1n) is 6.34. The molecule has 0 saturated carbocycles. The zero-order valence-corrected chi connectivity index (χ0v) is 14.9. The Morgan fingerprint density at radius 2 is 1.48 bits per heavy atom. The van der Waals surface area contributed by atoms with Crippen LogP contribution in [0.2, 0.25) is 0 Å². The van der Waals surface area contributed by atoms with Crippen LogP contribution in [0.3, 0.4) is 0 Å². The van der Waals surface area contributed by atoms with Gasteiger partial charge in [-0.3, -0.25) is 0 Å². The van der Waals surface area contributed by atoms with Crippen LogP contribution < -0.4 is 0 Å². The standard InChI is InChI=1S/C12H21O3.3CO.CH3.Fe/c1-3-4-5-8-12(15-10-13)9-6-7-11(2)14;3*1-2;;/h12H,3-9H2,1-2H3;;;;1H3;/q-1;;;;-1;+2/t12-;;;;;/m0...../s1. The van der Waals surface area contributed by atoms with Crippen molar-refractivity contribution in [3.05, 3.63) is 27.4 Å². The summed E-state index contributed by atoms with van der Waals surface area (Å²) in [5.41, 5.74) is 0. The fourth-order valence-corrected chi connectivity index (χ4v) is 1.53. The molecule has 0 spiro atoms. The van der Waals surface area contributed by atoms with Gasteiger partial charge in [0.05, 0.1) is 6.10 Å². The van der Waals surface area contributed by atoms with Gasteiger partial charge in [0.15, 0.2) is 0 Å². The summed E-state index contributed by atoms with van der Waals surface area (Å²) >= 11 is 0. The third-order valence-electron chi connectivity index (χ3n) is 2.40. The molecule has 0 aliphatic heterocycles. The minimum atomic E-state index is -0.0478. The number of rotatable bonds is 10. The number of carbonyl (C=O) groups excluding carboxylic acids is 2. The van der Waals surface area contributed by atoms with Crippen molar-refractivity contribution >= 4 is 12.3 Å². The molecule has 0 saturated heterocycles. The van der Waals surface area contributed by atoms with E-state index in [4.69, 9.17) is 18.7 Å². The van der Waals surface area contributed by atoms with Crippen molar-refractivity contribution in [1.29, 1.82) is 0 Å². The van der Waals surface area contributed by atoms with Crippen LogP contribution in [0.15, 0.2) is 0 Å². The molecule has 0 aromatic rings. The van der Waals surface area contributed by atoms with Crippen molar-refractivity contribution in [2.24, 2.45) is 0 Å². The minimum absolute atomic E-state index is 0. The molecule has 0 fully saturated rings. The summed E-state index contributed by atoms with van der Waals surface area (Å²) in [6.45, 7) is 18.7. The Hall–Kier alpha value is -1.12. The number of hydrogen-bond donors (Lipinski definition) is 0. The Labute approximate surface area is 150 Å². The average Bonchev–Trinajstić information content (AvgIpc) is 2.53. The molecular formula is C16H24FeO6. The van der Waals surface area contributed by atoms with Crippen LogP contribution in [0.1, 0.15) is 58.8 Å². The van der Waals surface area contributed by atoms with Gasteiger partial charge in [-0.1, -0.05) is 26.2 Å². The molecule has 6 nitrogen and oxygen atoms in total. The van der Waals surface area contributed by atoms with E-state index in [9.17, 15) is 9.59 Å². The van der Waals surface area contributed by atoms with Crippen LogP contribution in [0.25, 0.3) is 0 Å². The summed E-state index contributed by atoms with van der Waals surface area (Å²) in [6, 6.07) is 0. The molecule has 0 aromatic carbocycles. The molecule has 0 N–H and O–H groups in total. The van der Waals surface area contributed by atoms with Crippen molar-refractivity contribution in [2.75, 3.05) is 0 Å². The van der Waals surface area contributed by atoms with E-state index in [0.717, 1.165) is 38.5 Å². The first-order valence-corrected chi connectivity index (χ1v) is 6.34. The zero-order valence-electron chi connectivity index (χ0n) is 13.8. The maximum absolute atomic E-state index is 10.7. The van der Waals surface area contributed by atoms with Crippen molar-refractivity contribution in [3.8, 4) is 0 Å². The van der Waals surface area contributed by atoms with Gasteiger partial charge in [-0.15, -0.1) is 0 Å². The molecule has 0 heterocycles. The number of carbonyl (C=O) groups is 1. The molecule has 0 rings (SSSR count). The van der Waals surface area contributed by atoms with Crippen LogP contribution >= 0.6 is 0 Å². The molecule has 0 aromatic heterocycles. The van der Waals surface area contributed by atoms with Crippen LogP contribution in [-0.4, -0.2) is 18.4 Å². The Bertz CT molecular complexity index is 272. The van der Waals surface area contributed by atoms with Crippen molar-refractivity contribution in [1.82, 2.24) is 0 Å². The van der Waals surface area contributed by atoms with Gasteiger partial charge in [0.25, 0.3) is 0 Å². The molecule has 7 heteroatoms. The van der Waals surface area contributed by atoms with Crippen LogP contribution in [0.5, 0.6) is 0 Å². The van der Waals surface area contributed by atoms with Gasteiger partial charge in [-0.25, -0.2) is 0 Å². The smallest absolute Gasteiger partial charge is 0.358 e. The van der Waals surface area contributed by atoms with Gasteiger partial charge in [0, 0.05) is 6.42 Å². The molecule has 23 heavy (non-hydrogen) atoms. The van der Waals surface area contributed by atoms with Crippen molar-refractivity contribution < 1.29 is 45.4 Å². The molecule has 0 aliphatic carbocycles. The topological polar surface area (TPSA) is 103 Å². The largest absolute Gasteiger partial charge is 2.00 e. The first-order chi connectivity index (χ1) is 10.2. The fraction of sp³-hybridized carbons (Fsp3) is 0.625. The monoisotopic (exact) mass is 368 g/mol. The Morgan fingerprint density at radius 1 is 1.04 bits per heavy atom. The van der Waals surface area contributed by atoms with Crippen LogP contribution in [0, 0.1) is 27.4 Å². The summed E-state index contributed by atoms with van der Waals surface area (Å²) in [5, 5.41) is 0. The summed E-state index contributed by atoms with van der Waals surface area (Å²) < 4.78 is 27.4. The molecule has 132 valence electrons. The number of Topliss-reactive ketones (excluding diaryl/α,β-unsaturated/α-hetero) is 1. The third kappa shape index (κ3) is 44.9. The molecule has 0 aliphatic rings. The van der Waals surface area contributed by atoms with E-state index in [2.05, 4.69) is 26.9 Å². The minimum Gasteiger partial charge on any atom is -0.358 e. The quantitative estimate of drug-likeness (QED) is 0.256. The summed E-state index contributed by atoms with van der Waals surface area (Å²) in [7, 11) is 0. The summed E-state index contributed by atoms with van der Waals surface area (Å²) in [5.74, 6) is 0.192. The molecular weight excluding hydrogens is 344 g/mol. The first kappa shape index (κ1) is 37.8. The predicted octanol–water partition coefficient (Wildman–Crippen LogP) is 3.11. The number of ketones is 1. The molecule has 0 amide bonds. The van der Waals surface area contributed by atoms with Gasteiger partial charge in [-0.2, -0.15) is 0 Å². The van der Waals surface area contributed by atoms with E-state index < -0.39 is 0 Å². The SMILES string of the molecule is CCCCC[C@@H](CCCC(C)=O)O[C-]=O.[C-]#[O+].[C-]#[O+].[C-]#[O+].[CH3-].[Fe+2]. The van der Waals surface area contributed by atoms with E-state index in [1.165, 1.54) is 6.47 Å². The second-order valence-corrected chi connectivity index (χ2v) is 3.91. The molecule has 0 bridgehead atoms. The normalized spacial score (nSPS) is 8.17. The Balaban J connectivity index is -0.0000000804. The maximum Gasteiger partial charge on any atom is 2.00 e. The molecule has 1 atom stereocenters. The fourth-order valence-electron chi connectivity index (χ4n) is 1.53. The molecule has 0 radical (unpaired) electrons. The Kier molecular flexibility index (Phi) is 70.4. The van der Waals surface area contributed by atoms with Gasteiger partial charge >= 0.3 is 51.0 Å². The molecule has 0 unspecified atom stereocenters. The summed E-state index contributed by atoms with van der Waals surface area (Å²) in [6.07, 6.45) is 6.38. The van der Waals surface area contributed by atoms with E-state index in [1.807, 2.05) is 0 Å². The number of hydrogen-bond acceptors (Lipinski definition) is 3. The van der Waals surface area contributed by atoms with Gasteiger partial charge in [-0.05, 0) is 32.6 Å². The summed E-state index contributed by atoms with van der Waals surface area (Å²) in [4.78, 5) is 20.9. The van der Waals surface area contributed by atoms with Crippen LogP contribution in [0.4, 0.5) is 0 Å². The number of ether oxygens (including phenoxy) is 1. The van der Waals surface area contributed by atoms with E-state index in [1.54, 1.807) is 6.92 Å². The maximum atomic E-state index is 10.7. The van der Waals surface area contributed by atoms with Crippen molar-refractivity contribution in [2.45, 2.75) is 64.9 Å². The van der Waals surface area contributed by atoms with E-state index in [-0.39, 0.29) is 36.4 Å². The average molecular weight is 368 g/mol. The predicted molar refractivity (Wildman–Crippen MR) is 77.4 cm³/mol. The third-order valence-corrected chi connectivity index (χ3v) is 2.40. The second kappa shape index (κ2) is 42.8. The zero-order chi connectivity index (χ0) is 17.5. The van der Waals surface area contributed by atoms with Crippen molar-refractivity contribution in [3.63, 3.8) is 0 Å². The van der Waals surface area contributed by atoms with Crippen LogP contribution in [-0.2, 0) is 45.4 Å². The van der Waals surface area contributed by atoms with Gasteiger partial charge in [0.2, 0.25) is 0 Å². The van der Waals surface area contributed by atoms with Gasteiger partial charge in [0.1, 0.15) is 5.78 Å². The van der Waals surface area contributed by atoms with E-state index >= 15 is 0 Å². The van der Waals surface area contributed by atoms with E-state index in [0.29, 0.717) is 6.42 Å². The van der Waals surface area contributed by atoms with Gasteiger partial charge < -0.3 is 21.8 Å². The second-order valence-electron chi connectivity index (χ2n) is 3.91. The number of unbranched alkanes of at least 4 members (excludes halogenated alkanes) is 2.